The zero-order chi connectivity index (χ0) is 22.1. The van der Waals surface area contributed by atoms with Crippen LogP contribution in [-0.2, 0) is 19.1 Å². The summed E-state index contributed by atoms with van der Waals surface area (Å²) in [4.78, 5) is 23.4. The molecule has 0 aliphatic rings. The first-order valence-corrected chi connectivity index (χ1v) is 12.3. The van der Waals surface area contributed by atoms with Crippen LogP contribution in [0.4, 0.5) is 0 Å². The third kappa shape index (κ3) is 22.7. The fraction of sp³-hybridized carbons (Fsp3) is 0.769. The maximum Gasteiger partial charge on any atom is 0.305 e. The van der Waals surface area contributed by atoms with Crippen molar-refractivity contribution in [2.45, 2.75) is 117 Å². The average Bonchev–Trinajstić information content (AvgIpc) is 2.74. The van der Waals surface area contributed by atoms with Crippen LogP contribution in [-0.4, -0.2) is 25.2 Å². The summed E-state index contributed by atoms with van der Waals surface area (Å²) < 4.78 is 10.5. The van der Waals surface area contributed by atoms with E-state index < -0.39 is 0 Å². The Hall–Kier alpha value is -1.58. The Morgan fingerprint density at radius 3 is 1.27 bits per heavy atom. The molecule has 0 unspecified atom stereocenters. The third-order valence-electron chi connectivity index (χ3n) is 4.85. The summed E-state index contributed by atoms with van der Waals surface area (Å²) in [6.45, 7) is 5.38. The molecule has 0 aliphatic carbocycles. The van der Waals surface area contributed by atoms with Gasteiger partial charge in [0.25, 0.3) is 0 Å². The average molecular weight is 423 g/mol. The number of unbranched alkanes of at least 4 members (excludes halogenated alkanes) is 9. The van der Waals surface area contributed by atoms with Crippen molar-refractivity contribution in [2.24, 2.45) is 0 Å². The van der Waals surface area contributed by atoms with Gasteiger partial charge in [0.15, 0.2) is 0 Å². The number of esters is 2. The van der Waals surface area contributed by atoms with E-state index in [2.05, 4.69) is 38.2 Å². The van der Waals surface area contributed by atoms with E-state index in [4.69, 9.17) is 9.47 Å². The maximum atomic E-state index is 11.7. The molecular weight excluding hydrogens is 376 g/mol. The highest BCUT2D eigenvalue weighted by Gasteiger charge is 2.05. The van der Waals surface area contributed by atoms with Crippen molar-refractivity contribution in [3.05, 3.63) is 24.3 Å². The molecule has 0 heterocycles. The Morgan fingerprint density at radius 1 is 0.533 bits per heavy atom. The molecule has 0 saturated carbocycles. The Morgan fingerprint density at radius 2 is 0.900 bits per heavy atom. The first kappa shape index (κ1) is 28.4. The summed E-state index contributed by atoms with van der Waals surface area (Å²) in [5.41, 5.74) is 0. The van der Waals surface area contributed by atoms with Gasteiger partial charge in [0.1, 0.15) is 0 Å². The Kier molecular flexibility index (Phi) is 22.4. The predicted octanol–water partition coefficient (Wildman–Crippen LogP) is 7.47. The fourth-order valence-electron chi connectivity index (χ4n) is 2.95. The highest BCUT2D eigenvalue weighted by atomic mass is 16.5. The van der Waals surface area contributed by atoms with Crippen molar-refractivity contribution >= 4 is 11.9 Å². The standard InChI is InChI=1S/C26H46O4/c1-3-5-7-9-11-13-15-19-23-29-25(27)21-17-18-22-26(28)30-24-20-16-14-12-10-8-6-4-2/h11-14H,3-10,15-24H2,1-2H3/b13-11-,14-12-. The molecule has 0 N–H and O–H groups in total. The molecule has 0 fully saturated rings. The van der Waals surface area contributed by atoms with Crippen molar-refractivity contribution in [3.8, 4) is 0 Å². The lowest BCUT2D eigenvalue weighted by Crippen LogP contribution is -2.08. The molecule has 0 saturated heterocycles. The molecule has 0 rings (SSSR count). The van der Waals surface area contributed by atoms with E-state index in [1.807, 2.05) is 0 Å². The van der Waals surface area contributed by atoms with Gasteiger partial charge < -0.3 is 9.47 Å². The number of carbonyl (C=O) groups is 2. The van der Waals surface area contributed by atoms with Crippen LogP contribution >= 0.6 is 0 Å². The number of hydrogen-bond donors (Lipinski definition) is 0. The summed E-state index contributed by atoms with van der Waals surface area (Å²) in [5.74, 6) is -0.331. The van der Waals surface area contributed by atoms with E-state index in [0.29, 0.717) is 38.9 Å². The molecule has 4 heteroatoms. The zero-order valence-electron chi connectivity index (χ0n) is 19.7. The van der Waals surface area contributed by atoms with Crippen LogP contribution in [0, 0.1) is 0 Å². The van der Waals surface area contributed by atoms with Gasteiger partial charge in [0, 0.05) is 12.8 Å². The van der Waals surface area contributed by atoms with Gasteiger partial charge in [-0.1, -0.05) is 63.8 Å². The minimum atomic E-state index is -0.166. The number of carbonyl (C=O) groups excluding carboxylic acids is 2. The van der Waals surface area contributed by atoms with Crippen LogP contribution in [0.15, 0.2) is 24.3 Å². The van der Waals surface area contributed by atoms with Crippen LogP contribution < -0.4 is 0 Å². The SMILES string of the molecule is CCCCC/C=C\CCCOC(=O)CCCCC(=O)OCCC/C=C\CCCCC. The molecule has 0 radical (unpaired) electrons. The molecular formula is C26H46O4. The summed E-state index contributed by atoms with van der Waals surface area (Å²) in [6.07, 6.45) is 24.4. The second kappa shape index (κ2) is 23.7. The molecule has 0 aliphatic heterocycles. The summed E-state index contributed by atoms with van der Waals surface area (Å²) in [5, 5.41) is 0. The van der Waals surface area contributed by atoms with Gasteiger partial charge in [-0.15, -0.1) is 0 Å². The van der Waals surface area contributed by atoms with Gasteiger partial charge in [0.2, 0.25) is 0 Å². The van der Waals surface area contributed by atoms with E-state index in [1.54, 1.807) is 0 Å². The first-order valence-electron chi connectivity index (χ1n) is 12.3. The highest BCUT2D eigenvalue weighted by molar-refractivity contribution is 5.70. The number of allylic oxidation sites excluding steroid dienone is 4. The Bertz CT molecular complexity index is 412. The van der Waals surface area contributed by atoms with Gasteiger partial charge in [-0.25, -0.2) is 0 Å². The van der Waals surface area contributed by atoms with Gasteiger partial charge in [0.05, 0.1) is 13.2 Å². The third-order valence-corrected chi connectivity index (χ3v) is 4.85. The lowest BCUT2D eigenvalue weighted by molar-refractivity contribution is -0.146. The molecule has 0 bridgehead atoms. The largest absolute Gasteiger partial charge is 0.466 e. The summed E-state index contributed by atoms with van der Waals surface area (Å²) in [7, 11) is 0. The second-order valence-corrected chi connectivity index (χ2v) is 7.87. The van der Waals surface area contributed by atoms with E-state index >= 15 is 0 Å². The minimum Gasteiger partial charge on any atom is -0.466 e. The Labute approximate surface area is 185 Å². The first-order chi connectivity index (χ1) is 14.7. The van der Waals surface area contributed by atoms with Crippen molar-refractivity contribution in [1.82, 2.24) is 0 Å². The van der Waals surface area contributed by atoms with E-state index in [1.165, 1.54) is 38.5 Å². The van der Waals surface area contributed by atoms with Gasteiger partial charge in [-0.2, -0.15) is 0 Å². The monoisotopic (exact) mass is 422 g/mol. The van der Waals surface area contributed by atoms with Crippen molar-refractivity contribution in [3.63, 3.8) is 0 Å². The molecule has 0 spiro atoms. The van der Waals surface area contributed by atoms with Gasteiger partial charge in [-0.3, -0.25) is 9.59 Å². The summed E-state index contributed by atoms with van der Waals surface area (Å²) >= 11 is 0. The molecule has 0 atom stereocenters. The van der Waals surface area contributed by atoms with Gasteiger partial charge >= 0.3 is 11.9 Å². The van der Waals surface area contributed by atoms with Crippen LogP contribution in [0.3, 0.4) is 0 Å². The van der Waals surface area contributed by atoms with Crippen LogP contribution in [0.5, 0.6) is 0 Å². The quantitative estimate of drug-likeness (QED) is 0.109. The topological polar surface area (TPSA) is 52.6 Å². The minimum absolute atomic E-state index is 0.166. The molecule has 0 aromatic carbocycles. The zero-order valence-corrected chi connectivity index (χ0v) is 19.7. The van der Waals surface area contributed by atoms with Crippen LogP contribution in [0.1, 0.15) is 117 Å². The fourth-order valence-corrected chi connectivity index (χ4v) is 2.95. The maximum absolute atomic E-state index is 11.7. The number of hydrogen-bond acceptors (Lipinski definition) is 4. The molecule has 30 heavy (non-hydrogen) atoms. The van der Waals surface area contributed by atoms with E-state index in [0.717, 1.165) is 38.5 Å². The smallest absolute Gasteiger partial charge is 0.305 e. The predicted molar refractivity (Wildman–Crippen MR) is 125 cm³/mol. The number of ether oxygens (including phenoxy) is 2. The lowest BCUT2D eigenvalue weighted by atomic mass is 10.2. The molecule has 0 amide bonds. The van der Waals surface area contributed by atoms with Crippen LogP contribution in [0.2, 0.25) is 0 Å². The Balaban J connectivity index is 3.40. The molecule has 4 nitrogen and oxygen atoms in total. The molecule has 0 aromatic heterocycles. The summed E-state index contributed by atoms with van der Waals surface area (Å²) in [6, 6.07) is 0. The second-order valence-electron chi connectivity index (χ2n) is 7.87. The van der Waals surface area contributed by atoms with Crippen molar-refractivity contribution in [1.29, 1.82) is 0 Å². The van der Waals surface area contributed by atoms with E-state index in [9.17, 15) is 9.59 Å². The van der Waals surface area contributed by atoms with Crippen molar-refractivity contribution < 1.29 is 19.1 Å². The normalized spacial score (nSPS) is 11.4. The number of rotatable bonds is 21. The van der Waals surface area contributed by atoms with Crippen LogP contribution in [0.25, 0.3) is 0 Å². The lowest BCUT2D eigenvalue weighted by Gasteiger charge is -2.05. The van der Waals surface area contributed by atoms with E-state index in [-0.39, 0.29) is 11.9 Å². The van der Waals surface area contributed by atoms with Gasteiger partial charge in [-0.05, 0) is 64.2 Å². The molecule has 0 aromatic rings. The highest BCUT2D eigenvalue weighted by Crippen LogP contribution is 2.06. The van der Waals surface area contributed by atoms with Crippen molar-refractivity contribution in [2.75, 3.05) is 13.2 Å². The molecule has 174 valence electrons.